The topological polar surface area (TPSA) is 26.0 Å². The molecule has 0 fully saturated rings. The highest BCUT2D eigenvalue weighted by atomic mass is 14.5. The van der Waals surface area contributed by atoms with Crippen LogP contribution in [0.15, 0.2) is 66.7 Å². The fraction of sp³-hybridized carbons (Fsp3) is 0.200. The molecule has 3 aromatic rings. The van der Waals surface area contributed by atoms with Crippen LogP contribution in [0.5, 0.6) is 0 Å². The maximum absolute atomic E-state index is 6.07. The highest BCUT2D eigenvalue weighted by Crippen LogP contribution is 2.27. The molecule has 0 aliphatic carbocycles. The number of nitrogens with two attached hydrogens (primary N) is 1. The van der Waals surface area contributed by atoms with Crippen LogP contribution in [-0.2, 0) is 6.42 Å². The smallest absolute Gasteiger partial charge is 0.000441 e. The molecule has 0 saturated carbocycles. The van der Waals surface area contributed by atoms with Crippen molar-refractivity contribution in [2.45, 2.75) is 19.3 Å². The largest absolute Gasteiger partial charge is 0.330 e. The summed E-state index contributed by atoms with van der Waals surface area (Å²) in [6.07, 6.45) is 0.989. The summed E-state index contributed by atoms with van der Waals surface area (Å²) >= 11 is 0. The van der Waals surface area contributed by atoms with Gasteiger partial charge in [-0.15, -0.1) is 0 Å². The molecule has 106 valence electrons. The molecule has 1 heteroatoms. The fourth-order valence-corrected chi connectivity index (χ4v) is 3.10. The number of hydrogen-bond donors (Lipinski definition) is 1. The summed E-state index contributed by atoms with van der Waals surface area (Å²) in [5, 5.41) is 2.64. The normalized spacial score (nSPS) is 12.5. The third-order valence-electron chi connectivity index (χ3n) is 4.26. The van der Waals surface area contributed by atoms with Crippen molar-refractivity contribution in [3.05, 3.63) is 83.4 Å². The zero-order valence-corrected chi connectivity index (χ0v) is 12.4. The van der Waals surface area contributed by atoms with Gasteiger partial charge in [0.05, 0.1) is 0 Å². The first-order valence-electron chi connectivity index (χ1n) is 7.52. The van der Waals surface area contributed by atoms with Crippen molar-refractivity contribution in [3.8, 4) is 0 Å². The Morgan fingerprint density at radius 3 is 2.38 bits per heavy atom. The minimum atomic E-state index is 0.372. The Morgan fingerprint density at radius 2 is 1.57 bits per heavy atom. The minimum Gasteiger partial charge on any atom is -0.330 e. The lowest BCUT2D eigenvalue weighted by atomic mass is 9.87. The lowest BCUT2D eigenvalue weighted by Gasteiger charge is -2.18. The molecule has 1 nitrogen and oxygen atoms in total. The summed E-state index contributed by atoms with van der Waals surface area (Å²) in [5.41, 5.74) is 10.1. The van der Waals surface area contributed by atoms with E-state index < -0.39 is 0 Å². The number of benzene rings is 3. The van der Waals surface area contributed by atoms with E-state index in [-0.39, 0.29) is 0 Å². The maximum Gasteiger partial charge on any atom is 0.000441 e. The van der Waals surface area contributed by atoms with E-state index in [0.717, 1.165) is 6.42 Å². The van der Waals surface area contributed by atoms with Gasteiger partial charge in [0.1, 0.15) is 0 Å². The van der Waals surface area contributed by atoms with Gasteiger partial charge in [0.2, 0.25) is 0 Å². The van der Waals surface area contributed by atoms with Crippen molar-refractivity contribution in [1.29, 1.82) is 0 Å². The van der Waals surface area contributed by atoms with Gasteiger partial charge in [-0.3, -0.25) is 0 Å². The van der Waals surface area contributed by atoms with E-state index in [0.29, 0.717) is 12.5 Å². The quantitative estimate of drug-likeness (QED) is 0.748. The van der Waals surface area contributed by atoms with Crippen molar-refractivity contribution in [3.63, 3.8) is 0 Å². The van der Waals surface area contributed by atoms with Gasteiger partial charge in [0, 0.05) is 5.92 Å². The number of fused-ring (bicyclic) bond motifs is 1. The van der Waals surface area contributed by atoms with Gasteiger partial charge in [-0.1, -0.05) is 66.7 Å². The summed E-state index contributed by atoms with van der Waals surface area (Å²) in [6, 6.07) is 23.7. The summed E-state index contributed by atoms with van der Waals surface area (Å²) in [5.74, 6) is 0.372. The Morgan fingerprint density at radius 1 is 0.857 bits per heavy atom. The lowest BCUT2D eigenvalue weighted by Crippen LogP contribution is -2.16. The van der Waals surface area contributed by atoms with E-state index in [4.69, 9.17) is 5.73 Å². The molecule has 2 N–H and O–H groups in total. The molecule has 0 saturated heterocycles. The molecule has 0 bridgehead atoms. The van der Waals surface area contributed by atoms with E-state index in [1.807, 2.05) is 0 Å². The highest BCUT2D eigenvalue weighted by molar-refractivity contribution is 5.85. The van der Waals surface area contributed by atoms with Crippen molar-refractivity contribution >= 4 is 10.8 Å². The van der Waals surface area contributed by atoms with Crippen LogP contribution in [-0.4, -0.2) is 6.54 Å². The molecule has 0 radical (unpaired) electrons. The van der Waals surface area contributed by atoms with E-state index in [1.165, 1.54) is 27.5 Å². The second-order valence-corrected chi connectivity index (χ2v) is 5.63. The number of aryl methyl sites for hydroxylation is 1. The maximum atomic E-state index is 6.07. The Labute approximate surface area is 126 Å². The zero-order valence-electron chi connectivity index (χ0n) is 12.4. The summed E-state index contributed by atoms with van der Waals surface area (Å²) in [6.45, 7) is 2.84. The van der Waals surface area contributed by atoms with Gasteiger partial charge >= 0.3 is 0 Å². The fourth-order valence-electron chi connectivity index (χ4n) is 3.10. The molecule has 0 aliphatic rings. The molecule has 1 atom stereocenters. The van der Waals surface area contributed by atoms with Gasteiger partial charge in [-0.05, 0) is 47.4 Å². The molecular weight excluding hydrogens is 254 g/mol. The van der Waals surface area contributed by atoms with Crippen LogP contribution in [0.2, 0.25) is 0 Å². The van der Waals surface area contributed by atoms with Crippen LogP contribution in [0, 0.1) is 6.92 Å². The molecule has 3 rings (SSSR count). The standard InChI is InChI=1S/C20H21N/c1-15-7-2-4-11-19(15)18(14-21)13-17-10-6-9-16-8-3-5-12-20(16)17/h2-12,18H,13-14,21H2,1H3. The Hall–Kier alpha value is -2.12. The van der Waals surface area contributed by atoms with Gasteiger partial charge in [0.15, 0.2) is 0 Å². The molecular formula is C20H21N. The van der Waals surface area contributed by atoms with Crippen molar-refractivity contribution in [2.24, 2.45) is 5.73 Å². The molecule has 0 aliphatic heterocycles. The van der Waals surface area contributed by atoms with E-state index in [2.05, 4.69) is 73.7 Å². The van der Waals surface area contributed by atoms with E-state index >= 15 is 0 Å². The molecule has 21 heavy (non-hydrogen) atoms. The predicted octanol–water partition coefficient (Wildman–Crippen LogP) is 4.43. The first-order valence-corrected chi connectivity index (χ1v) is 7.52. The number of hydrogen-bond acceptors (Lipinski definition) is 1. The highest BCUT2D eigenvalue weighted by Gasteiger charge is 2.14. The first kappa shape index (κ1) is 13.8. The van der Waals surface area contributed by atoms with Crippen LogP contribution in [0.1, 0.15) is 22.6 Å². The van der Waals surface area contributed by atoms with Gasteiger partial charge in [-0.25, -0.2) is 0 Å². The first-order chi connectivity index (χ1) is 10.3. The molecule has 1 unspecified atom stereocenters. The minimum absolute atomic E-state index is 0.372. The Bertz CT molecular complexity index is 740. The average Bonchev–Trinajstić information content (AvgIpc) is 2.53. The van der Waals surface area contributed by atoms with Crippen LogP contribution >= 0.6 is 0 Å². The van der Waals surface area contributed by atoms with Crippen molar-refractivity contribution in [2.75, 3.05) is 6.54 Å². The predicted molar refractivity (Wildman–Crippen MR) is 90.6 cm³/mol. The summed E-state index contributed by atoms with van der Waals surface area (Å²) in [7, 11) is 0. The third kappa shape index (κ3) is 2.84. The summed E-state index contributed by atoms with van der Waals surface area (Å²) < 4.78 is 0. The Kier molecular flexibility index (Phi) is 4.03. The second kappa shape index (κ2) is 6.11. The van der Waals surface area contributed by atoms with Crippen molar-refractivity contribution in [1.82, 2.24) is 0 Å². The second-order valence-electron chi connectivity index (χ2n) is 5.63. The van der Waals surface area contributed by atoms with Crippen LogP contribution in [0.3, 0.4) is 0 Å². The molecule has 0 spiro atoms. The van der Waals surface area contributed by atoms with Gasteiger partial charge < -0.3 is 5.73 Å². The SMILES string of the molecule is Cc1ccccc1C(CN)Cc1cccc2ccccc12. The average molecular weight is 275 g/mol. The van der Waals surface area contributed by atoms with Crippen LogP contribution < -0.4 is 5.73 Å². The molecule has 0 amide bonds. The zero-order chi connectivity index (χ0) is 14.7. The number of rotatable bonds is 4. The van der Waals surface area contributed by atoms with Crippen LogP contribution in [0.25, 0.3) is 10.8 Å². The Balaban J connectivity index is 1.98. The van der Waals surface area contributed by atoms with E-state index in [1.54, 1.807) is 0 Å². The molecule has 0 heterocycles. The monoisotopic (exact) mass is 275 g/mol. The van der Waals surface area contributed by atoms with Crippen molar-refractivity contribution < 1.29 is 0 Å². The third-order valence-corrected chi connectivity index (χ3v) is 4.26. The lowest BCUT2D eigenvalue weighted by molar-refractivity contribution is 0.693. The molecule has 3 aromatic carbocycles. The molecule has 0 aromatic heterocycles. The van der Waals surface area contributed by atoms with Gasteiger partial charge in [0.25, 0.3) is 0 Å². The van der Waals surface area contributed by atoms with Crippen LogP contribution in [0.4, 0.5) is 0 Å². The summed E-state index contributed by atoms with van der Waals surface area (Å²) in [4.78, 5) is 0. The van der Waals surface area contributed by atoms with E-state index in [9.17, 15) is 0 Å². The van der Waals surface area contributed by atoms with Gasteiger partial charge in [-0.2, -0.15) is 0 Å².